The Bertz CT molecular complexity index is 941. The normalized spacial score (nSPS) is 13.7. The zero-order valence-corrected chi connectivity index (χ0v) is 17.7. The van der Waals surface area contributed by atoms with Crippen LogP contribution in [0, 0.1) is 0 Å². The molecule has 7 heteroatoms. The van der Waals surface area contributed by atoms with E-state index in [9.17, 15) is 14.4 Å². The third kappa shape index (κ3) is 5.54. The van der Waals surface area contributed by atoms with Gasteiger partial charge in [-0.25, -0.2) is 0 Å². The topological polar surface area (TPSA) is 69.7 Å². The molecule has 0 atom stereocenters. The molecular weight excluding hydrogens is 434 g/mol. The molecule has 3 amide bonds. The first-order chi connectivity index (χ1) is 13.9. The van der Waals surface area contributed by atoms with Gasteiger partial charge >= 0.3 is 0 Å². The lowest BCUT2D eigenvalue weighted by atomic mass is 10.2. The van der Waals surface area contributed by atoms with E-state index in [-0.39, 0.29) is 24.3 Å². The molecule has 1 aliphatic heterocycles. The molecule has 0 aliphatic carbocycles. The van der Waals surface area contributed by atoms with E-state index in [4.69, 9.17) is 0 Å². The molecule has 29 heavy (non-hydrogen) atoms. The Morgan fingerprint density at radius 1 is 1.17 bits per heavy atom. The summed E-state index contributed by atoms with van der Waals surface area (Å²) < 4.78 is 0.779. The lowest BCUT2D eigenvalue weighted by Gasteiger charge is -2.16. The van der Waals surface area contributed by atoms with Crippen molar-refractivity contribution >= 4 is 51.1 Å². The number of likely N-dealkylation sites (N-methyl/N-ethyl adjacent to an activating group) is 1. The van der Waals surface area contributed by atoms with Gasteiger partial charge in [0.05, 0.1) is 12.2 Å². The second kappa shape index (κ2) is 9.52. The van der Waals surface area contributed by atoms with E-state index in [1.807, 2.05) is 42.5 Å². The van der Waals surface area contributed by atoms with Gasteiger partial charge in [0.25, 0.3) is 0 Å². The number of carbonyl (C=O) groups excluding carboxylic acids is 3. The minimum Gasteiger partial charge on any atom is -0.333 e. The van der Waals surface area contributed by atoms with Gasteiger partial charge in [-0.1, -0.05) is 24.3 Å². The van der Waals surface area contributed by atoms with Crippen LogP contribution in [0.1, 0.15) is 18.4 Å². The van der Waals surface area contributed by atoms with Gasteiger partial charge in [-0.15, -0.1) is 0 Å². The Hall–Kier alpha value is -2.93. The van der Waals surface area contributed by atoms with Crippen LogP contribution in [0.3, 0.4) is 0 Å². The van der Waals surface area contributed by atoms with E-state index in [0.29, 0.717) is 12.1 Å². The lowest BCUT2D eigenvalue weighted by molar-refractivity contribution is -0.129. The zero-order valence-electron chi connectivity index (χ0n) is 16.1. The number of nitrogens with one attached hydrogen (secondary N) is 1. The fourth-order valence-corrected chi connectivity index (χ4v) is 3.41. The first-order valence-corrected chi connectivity index (χ1v) is 10.1. The van der Waals surface area contributed by atoms with Crippen molar-refractivity contribution in [2.45, 2.75) is 12.8 Å². The van der Waals surface area contributed by atoms with E-state index >= 15 is 0 Å². The first kappa shape index (κ1) is 20.8. The quantitative estimate of drug-likeness (QED) is 0.675. The SMILES string of the molecule is CN(CC(=O)Nc1ccccc1Br)C(=O)/C=C/c1ccc(N2CCCC2=O)cc1. The zero-order chi connectivity index (χ0) is 20.8. The molecular formula is C22H22BrN3O3. The smallest absolute Gasteiger partial charge is 0.246 e. The molecule has 150 valence electrons. The molecule has 0 bridgehead atoms. The summed E-state index contributed by atoms with van der Waals surface area (Å²) in [5.41, 5.74) is 2.38. The molecule has 1 fully saturated rings. The van der Waals surface area contributed by atoms with Crippen molar-refractivity contribution in [2.75, 3.05) is 30.4 Å². The lowest BCUT2D eigenvalue weighted by Crippen LogP contribution is -2.33. The van der Waals surface area contributed by atoms with Gasteiger partial charge in [-0.3, -0.25) is 14.4 Å². The van der Waals surface area contributed by atoms with E-state index in [1.165, 1.54) is 11.0 Å². The average Bonchev–Trinajstić information content (AvgIpc) is 3.14. The second-order valence-corrected chi connectivity index (χ2v) is 7.65. The monoisotopic (exact) mass is 455 g/mol. The number of benzene rings is 2. The molecule has 0 aromatic heterocycles. The predicted octanol–water partition coefficient (Wildman–Crippen LogP) is 3.69. The Labute approximate surface area is 178 Å². The Morgan fingerprint density at radius 2 is 1.90 bits per heavy atom. The van der Waals surface area contributed by atoms with Crippen LogP contribution in [0.4, 0.5) is 11.4 Å². The van der Waals surface area contributed by atoms with Crippen molar-refractivity contribution < 1.29 is 14.4 Å². The van der Waals surface area contributed by atoms with Crippen molar-refractivity contribution in [3.8, 4) is 0 Å². The van der Waals surface area contributed by atoms with Crippen molar-refractivity contribution in [1.82, 2.24) is 4.90 Å². The van der Waals surface area contributed by atoms with Crippen LogP contribution < -0.4 is 10.2 Å². The third-order valence-corrected chi connectivity index (χ3v) is 5.29. The molecule has 0 saturated carbocycles. The summed E-state index contributed by atoms with van der Waals surface area (Å²) in [4.78, 5) is 39.4. The molecule has 1 aliphatic rings. The number of nitrogens with zero attached hydrogens (tertiary/aromatic N) is 2. The molecule has 1 heterocycles. The minimum absolute atomic E-state index is 0.0550. The van der Waals surface area contributed by atoms with Gasteiger partial charge in [0, 0.05) is 36.2 Å². The van der Waals surface area contributed by atoms with E-state index < -0.39 is 0 Å². The average molecular weight is 456 g/mol. The third-order valence-electron chi connectivity index (χ3n) is 4.60. The van der Waals surface area contributed by atoms with Crippen LogP contribution in [0.2, 0.25) is 0 Å². The predicted molar refractivity (Wildman–Crippen MR) is 117 cm³/mol. The minimum atomic E-state index is -0.277. The fraction of sp³-hybridized carbons (Fsp3) is 0.227. The van der Waals surface area contributed by atoms with Gasteiger partial charge in [-0.2, -0.15) is 0 Å². The van der Waals surface area contributed by atoms with Gasteiger partial charge in [0.1, 0.15) is 0 Å². The van der Waals surface area contributed by atoms with Crippen molar-refractivity contribution in [2.24, 2.45) is 0 Å². The molecule has 1 N–H and O–H groups in total. The van der Waals surface area contributed by atoms with Crippen molar-refractivity contribution in [1.29, 1.82) is 0 Å². The molecule has 3 rings (SSSR count). The van der Waals surface area contributed by atoms with Crippen LogP contribution in [0.15, 0.2) is 59.1 Å². The maximum Gasteiger partial charge on any atom is 0.246 e. The van der Waals surface area contributed by atoms with Crippen LogP contribution in [-0.4, -0.2) is 42.8 Å². The Morgan fingerprint density at radius 3 is 2.55 bits per heavy atom. The number of para-hydroxylation sites is 1. The highest BCUT2D eigenvalue weighted by molar-refractivity contribution is 9.10. The van der Waals surface area contributed by atoms with Crippen LogP contribution in [0.25, 0.3) is 6.08 Å². The number of hydrogen-bond donors (Lipinski definition) is 1. The van der Waals surface area contributed by atoms with Gasteiger partial charge in [0.2, 0.25) is 17.7 Å². The fourth-order valence-electron chi connectivity index (χ4n) is 3.03. The van der Waals surface area contributed by atoms with E-state index in [1.54, 1.807) is 24.1 Å². The van der Waals surface area contributed by atoms with E-state index in [2.05, 4.69) is 21.2 Å². The highest BCUT2D eigenvalue weighted by Gasteiger charge is 2.21. The van der Waals surface area contributed by atoms with Crippen LogP contribution >= 0.6 is 15.9 Å². The van der Waals surface area contributed by atoms with Crippen molar-refractivity contribution in [3.63, 3.8) is 0 Å². The molecule has 0 radical (unpaired) electrons. The molecule has 2 aromatic carbocycles. The highest BCUT2D eigenvalue weighted by Crippen LogP contribution is 2.22. The standard InChI is InChI=1S/C22H22BrN3O3/c1-25(15-20(27)24-19-6-3-2-5-18(19)23)21(28)13-10-16-8-11-17(12-9-16)26-14-4-7-22(26)29/h2-3,5-6,8-13H,4,7,14-15H2,1H3,(H,24,27)/b13-10+. The summed E-state index contributed by atoms with van der Waals surface area (Å²) in [5, 5.41) is 2.77. The number of carbonyl (C=O) groups is 3. The second-order valence-electron chi connectivity index (χ2n) is 6.80. The summed E-state index contributed by atoms with van der Waals surface area (Å²) in [5.74, 6) is -0.405. The summed E-state index contributed by atoms with van der Waals surface area (Å²) in [6, 6.07) is 14.8. The number of halogens is 1. The maximum atomic E-state index is 12.3. The molecule has 0 spiro atoms. The molecule has 6 nitrogen and oxygen atoms in total. The summed E-state index contributed by atoms with van der Waals surface area (Å²) in [6.07, 6.45) is 4.61. The number of rotatable bonds is 6. The van der Waals surface area contributed by atoms with Crippen LogP contribution in [-0.2, 0) is 14.4 Å². The molecule has 1 saturated heterocycles. The number of amides is 3. The molecule has 0 unspecified atom stereocenters. The first-order valence-electron chi connectivity index (χ1n) is 9.32. The van der Waals surface area contributed by atoms with Crippen molar-refractivity contribution in [3.05, 3.63) is 64.6 Å². The van der Waals surface area contributed by atoms with Gasteiger partial charge in [0.15, 0.2) is 0 Å². The number of anilines is 2. The summed E-state index contributed by atoms with van der Waals surface area (Å²) in [6.45, 7) is 0.694. The maximum absolute atomic E-state index is 12.3. The van der Waals surface area contributed by atoms with Crippen LogP contribution in [0.5, 0.6) is 0 Å². The van der Waals surface area contributed by atoms with Gasteiger partial charge < -0.3 is 15.1 Å². The summed E-state index contributed by atoms with van der Waals surface area (Å²) >= 11 is 3.37. The van der Waals surface area contributed by atoms with E-state index in [0.717, 1.165) is 28.7 Å². The Balaban J connectivity index is 1.53. The molecule has 2 aromatic rings. The largest absolute Gasteiger partial charge is 0.333 e. The number of hydrogen-bond acceptors (Lipinski definition) is 3. The summed E-state index contributed by atoms with van der Waals surface area (Å²) in [7, 11) is 1.58. The van der Waals surface area contributed by atoms with Gasteiger partial charge in [-0.05, 0) is 58.3 Å². The highest BCUT2D eigenvalue weighted by atomic mass is 79.9. The Kier molecular flexibility index (Phi) is 6.82.